The summed E-state index contributed by atoms with van der Waals surface area (Å²) in [6, 6.07) is 13.6. The third-order valence-electron chi connectivity index (χ3n) is 5.13. The van der Waals surface area contributed by atoms with Gasteiger partial charge in [0.2, 0.25) is 5.95 Å². The molecule has 2 aromatic carbocycles. The molecule has 154 valence electrons. The first-order valence-electron chi connectivity index (χ1n) is 10.0. The number of carbonyl (C=O) groups excluding carboxylic acids is 1. The van der Waals surface area contributed by atoms with Crippen LogP contribution in [-0.4, -0.2) is 15.8 Å². The molecule has 1 heterocycles. The van der Waals surface area contributed by atoms with Gasteiger partial charge in [0.15, 0.2) is 5.78 Å². The number of Topliss-reactive ketones (excluding diaryl/α,β-unsaturated/α-hetero) is 1. The molecule has 0 unspecified atom stereocenters. The van der Waals surface area contributed by atoms with Crippen LogP contribution in [-0.2, 0) is 6.42 Å². The topological polar surface area (TPSA) is 66.9 Å². The first-order chi connectivity index (χ1) is 14.2. The van der Waals surface area contributed by atoms with Crippen LogP contribution < -0.4 is 10.6 Å². The highest BCUT2D eigenvalue weighted by Gasteiger charge is 2.35. The zero-order chi connectivity index (χ0) is 21.5. The summed E-state index contributed by atoms with van der Waals surface area (Å²) < 4.78 is 0. The number of aryl methyl sites for hydroxylation is 2. The van der Waals surface area contributed by atoms with E-state index in [0.717, 1.165) is 28.2 Å². The summed E-state index contributed by atoms with van der Waals surface area (Å²) in [5.41, 5.74) is 5.26. The minimum absolute atomic E-state index is 0.0752. The molecule has 0 aliphatic heterocycles. The third-order valence-corrected chi connectivity index (χ3v) is 5.38. The zero-order valence-corrected chi connectivity index (χ0v) is 18.4. The van der Waals surface area contributed by atoms with E-state index in [9.17, 15) is 4.79 Å². The van der Waals surface area contributed by atoms with Crippen LogP contribution in [0.4, 0.5) is 23.1 Å². The highest BCUT2D eigenvalue weighted by Crippen LogP contribution is 2.38. The fourth-order valence-electron chi connectivity index (χ4n) is 3.96. The molecule has 0 fully saturated rings. The van der Waals surface area contributed by atoms with Crippen molar-refractivity contribution in [2.24, 2.45) is 5.41 Å². The lowest BCUT2D eigenvalue weighted by atomic mass is 9.75. The van der Waals surface area contributed by atoms with Crippen molar-refractivity contribution >= 4 is 40.5 Å². The molecule has 0 saturated heterocycles. The van der Waals surface area contributed by atoms with Gasteiger partial charge in [-0.2, -0.15) is 4.98 Å². The number of halogens is 1. The van der Waals surface area contributed by atoms with E-state index in [1.807, 2.05) is 36.4 Å². The highest BCUT2D eigenvalue weighted by atomic mass is 35.5. The van der Waals surface area contributed by atoms with Crippen LogP contribution in [0.3, 0.4) is 0 Å². The lowest BCUT2D eigenvalue weighted by molar-refractivity contribution is 0.0911. The molecule has 4 rings (SSSR count). The second-order valence-electron chi connectivity index (χ2n) is 8.79. The molecule has 2 N–H and O–H groups in total. The van der Waals surface area contributed by atoms with E-state index in [1.165, 1.54) is 0 Å². The van der Waals surface area contributed by atoms with Crippen LogP contribution in [0.25, 0.3) is 0 Å². The van der Waals surface area contributed by atoms with Crippen molar-refractivity contribution < 1.29 is 4.79 Å². The van der Waals surface area contributed by atoms with Gasteiger partial charge in [-0.25, -0.2) is 4.98 Å². The maximum atomic E-state index is 13.0. The van der Waals surface area contributed by atoms with Crippen LogP contribution in [0.1, 0.15) is 47.4 Å². The number of nitrogens with one attached hydrogen (secondary N) is 2. The number of anilines is 4. The van der Waals surface area contributed by atoms with Crippen LogP contribution in [0.5, 0.6) is 0 Å². The normalized spacial score (nSPS) is 14.9. The van der Waals surface area contributed by atoms with Gasteiger partial charge in [0.05, 0.1) is 11.3 Å². The van der Waals surface area contributed by atoms with Crippen molar-refractivity contribution in [1.29, 1.82) is 0 Å². The summed E-state index contributed by atoms with van der Waals surface area (Å²) in [5.74, 6) is 1.07. The first-order valence-corrected chi connectivity index (χ1v) is 10.4. The molecular weight excluding hydrogens is 396 g/mol. The summed E-state index contributed by atoms with van der Waals surface area (Å²) in [6.07, 6.45) is 1.20. The molecule has 1 aliphatic rings. The van der Waals surface area contributed by atoms with Crippen molar-refractivity contribution in [3.8, 4) is 0 Å². The first kappa shape index (κ1) is 20.4. The Hall–Kier alpha value is -2.92. The van der Waals surface area contributed by atoms with Gasteiger partial charge < -0.3 is 10.6 Å². The minimum atomic E-state index is -0.132. The number of ketones is 1. The molecular formula is C24H25ClN4O. The molecule has 5 nitrogen and oxygen atoms in total. The van der Waals surface area contributed by atoms with Crippen LogP contribution in [0.15, 0.2) is 42.5 Å². The summed E-state index contributed by atoms with van der Waals surface area (Å²) in [5, 5.41) is 7.28. The Labute approximate surface area is 181 Å². The van der Waals surface area contributed by atoms with Gasteiger partial charge in [0.1, 0.15) is 5.82 Å². The number of nitrogens with zero attached hydrogens (tertiary/aromatic N) is 2. The van der Waals surface area contributed by atoms with Crippen molar-refractivity contribution in [3.63, 3.8) is 0 Å². The van der Waals surface area contributed by atoms with E-state index < -0.39 is 0 Å². The second-order valence-corrected chi connectivity index (χ2v) is 9.23. The summed E-state index contributed by atoms with van der Waals surface area (Å²) >= 11 is 5.99. The van der Waals surface area contributed by atoms with Crippen molar-refractivity contribution in [2.75, 3.05) is 10.6 Å². The van der Waals surface area contributed by atoms with Crippen LogP contribution in [0.2, 0.25) is 5.02 Å². The fraction of sp³-hybridized carbons (Fsp3) is 0.292. The Morgan fingerprint density at radius 2 is 1.57 bits per heavy atom. The largest absolute Gasteiger partial charge is 0.339 e. The smallest absolute Gasteiger partial charge is 0.229 e. The molecule has 0 bridgehead atoms. The average Bonchev–Trinajstić information content (AvgIpc) is 2.61. The molecule has 0 atom stereocenters. The maximum Gasteiger partial charge on any atom is 0.229 e. The highest BCUT2D eigenvalue weighted by molar-refractivity contribution is 6.30. The van der Waals surface area contributed by atoms with Gasteiger partial charge in [0.25, 0.3) is 0 Å². The zero-order valence-electron chi connectivity index (χ0n) is 17.6. The number of benzene rings is 2. The van der Waals surface area contributed by atoms with Crippen molar-refractivity contribution in [1.82, 2.24) is 9.97 Å². The van der Waals surface area contributed by atoms with Gasteiger partial charge in [-0.3, -0.25) is 4.79 Å². The van der Waals surface area contributed by atoms with E-state index in [1.54, 1.807) is 0 Å². The average molecular weight is 421 g/mol. The molecule has 6 heteroatoms. The van der Waals surface area contributed by atoms with E-state index in [4.69, 9.17) is 16.6 Å². The Kier molecular flexibility index (Phi) is 5.24. The van der Waals surface area contributed by atoms with Gasteiger partial charge in [0, 0.05) is 22.8 Å². The molecule has 1 aliphatic carbocycles. The molecule has 0 saturated carbocycles. The van der Waals surface area contributed by atoms with Crippen molar-refractivity contribution in [3.05, 3.63) is 69.9 Å². The SMILES string of the molecule is Cc1cc(C)cc(Nc2nc(Nc3ccc(Cl)cc3)nc3c2C(=O)CC(C)(C)C3)c1. The number of aromatic nitrogens is 2. The Morgan fingerprint density at radius 3 is 2.23 bits per heavy atom. The molecule has 0 radical (unpaired) electrons. The second kappa shape index (κ2) is 7.73. The monoisotopic (exact) mass is 420 g/mol. The molecule has 0 amide bonds. The third kappa shape index (κ3) is 4.46. The van der Waals surface area contributed by atoms with Crippen LogP contribution in [0, 0.1) is 19.3 Å². The quantitative estimate of drug-likeness (QED) is 0.511. The molecule has 30 heavy (non-hydrogen) atoms. The maximum absolute atomic E-state index is 13.0. The van der Waals surface area contributed by atoms with Crippen LogP contribution >= 0.6 is 11.6 Å². The van der Waals surface area contributed by atoms with Gasteiger partial charge >= 0.3 is 0 Å². The Bertz CT molecular complexity index is 1100. The van der Waals surface area contributed by atoms with Gasteiger partial charge in [-0.15, -0.1) is 0 Å². The standard InChI is InChI=1S/C24H25ClN4O/c1-14-9-15(2)11-18(10-14)26-22-21-19(12-24(3,4)13-20(21)30)28-23(29-22)27-17-7-5-16(25)6-8-17/h5-11H,12-13H2,1-4H3,(H2,26,27,28,29). The Morgan fingerprint density at radius 1 is 0.900 bits per heavy atom. The van der Waals surface area contributed by atoms with E-state index in [-0.39, 0.29) is 11.2 Å². The summed E-state index contributed by atoms with van der Waals surface area (Å²) in [6.45, 7) is 8.29. The summed E-state index contributed by atoms with van der Waals surface area (Å²) in [7, 11) is 0. The Balaban J connectivity index is 1.78. The molecule has 1 aromatic heterocycles. The predicted molar refractivity (Wildman–Crippen MR) is 122 cm³/mol. The van der Waals surface area contributed by atoms with Crippen molar-refractivity contribution in [2.45, 2.75) is 40.5 Å². The number of rotatable bonds is 4. The number of fused-ring (bicyclic) bond motifs is 1. The van der Waals surface area contributed by atoms with E-state index >= 15 is 0 Å². The van der Waals surface area contributed by atoms with E-state index in [2.05, 4.69) is 49.4 Å². The van der Waals surface area contributed by atoms with E-state index in [0.29, 0.717) is 35.2 Å². The number of hydrogen-bond donors (Lipinski definition) is 2. The fourth-order valence-corrected chi connectivity index (χ4v) is 4.09. The lowest BCUT2D eigenvalue weighted by Gasteiger charge is -2.30. The predicted octanol–water partition coefficient (Wildman–Crippen LogP) is 6.39. The number of hydrogen-bond acceptors (Lipinski definition) is 5. The molecule has 3 aromatic rings. The summed E-state index contributed by atoms with van der Waals surface area (Å²) in [4.78, 5) is 22.4. The van der Waals surface area contributed by atoms with Gasteiger partial charge in [-0.05, 0) is 73.2 Å². The number of carbonyl (C=O) groups is 1. The lowest BCUT2D eigenvalue weighted by Crippen LogP contribution is -2.29. The minimum Gasteiger partial charge on any atom is -0.339 e. The van der Waals surface area contributed by atoms with Gasteiger partial charge in [-0.1, -0.05) is 31.5 Å². The molecule has 0 spiro atoms.